The number of rotatable bonds is 4. The molecule has 0 unspecified atom stereocenters. The minimum Gasteiger partial charge on any atom is -0.497 e. The van der Waals surface area contributed by atoms with Gasteiger partial charge >= 0.3 is 0 Å². The average Bonchev–Trinajstić information content (AvgIpc) is 2.88. The van der Waals surface area contributed by atoms with Crippen LogP contribution in [0.1, 0.15) is 28.8 Å². The van der Waals surface area contributed by atoms with Crippen LogP contribution in [0.3, 0.4) is 0 Å². The summed E-state index contributed by atoms with van der Waals surface area (Å²) in [6.45, 7) is 1.86. The smallest absolute Gasteiger partial charge is 0.253 e. The number of likely N-dealkylation sites (tertiary alicyclic amines) is 1. The summed E-state index contributed by atoms with van der Waals surface area (Å²) in [5, 5.41) is -0.428. The van der Waals surface area contributed by atoms with E-state index in [9.17, 15) is 13.2 Å². The minimum atomic E-state index is -3.39. The molecule has 1 aromatic carbocycles. The van der Waals surface area contributed by atoms with Crippen LogP contribution in [0.4, 0.5) is 0 Å². The molecule has 2 fully saturated rings. The maximum absolute atomic E-state index is 13.1. The second kappa shape index (κ2) is 8.12. The Morgan fingerprint density at radius 3 is 2.79 bits per heavy atom. The summed E-state index contributed by atoms with van der Waals surface area (Å²) in [6, 6.07) is 10.8. The molecule has 3 heterocycles. The van der Waals surface area contributed by atoms with Crippen molar-refractivity contribution in [2.24, 2.45) is 5.92 Å². The Morgan fingerprint density at radius 2 is 2.03 bits per heavy atom. The number of amides is 1. The van der Waals surface area contributed by atoms with Crippen LogP contribution in [0.15, 0.2) is 48.8 Å². The number of aromatic nitrogens is 1. The summed E-state index contributed by atoms with van der Waals surface area (Å²) in [6.07, 6.45) is 4.54. The van der Waals surface area contributed by atoms with Gasteiger partial charge in [-0.15, -0.1) is 0 Å². The lowest BCUT2D eigenvalue weighted by atomic mass is 10.0. The number of benzene rings is 1. The first-order chi connectivity index (χ1) is 14.0. The third-order valence-corrected chi connectivity index (χ3v) is 8.23. The molecule has 0 saturated carbocycles. The van der Waals surface area contributed by atoms with Crippen LogP contribution in [0, 0.1) is 5.92 Å². The molecule has 1 aromatic heterocycles. The van der Waals surface area contributed by atoms with Crippen molar-refractivity contribution in [3.8, 4) is 5.75 Å². The van der Waals surface area contributed by atoms with Crippen molar-refractivity contribution in [3.63, 3.8) is 0 Å². The molecule has 2 saturated heterocycles. The highest BCUT2D eigenvalue weighted by Crippen LogP contribution is 2.35. The Hall–Kier alpha value is -2.45. The Labute approximate surface area is 171 Å². The van der Waals surface area contributed by atoms with Crippen molar-refractivity contribution in [1.29, 1.82) is 0 Å². The number of nitrogens with zero attached hydrogens (tertiary/aromatic N) is 3. The highest BCUT2D eigenvalue weighted by atomic mass is 32.2. The molecule has 8 heteroatoms. The van der Waals surface area contributed by atoms with E-state index in [1.165, 1.54) is 0 Å². The second-order valence-corrected chi connectivity index (χ2v) is 9.75. The zero-order valence-electron chi connectivity index (χ0n) is 16.4. The molecule has 1 amide bonds. The van der Waals surface area contributed by atoms with Crippen LogP contribution in [-0.4, -0.2) is 60.5 Å². The number of pyridine rings is 1. The monoisotopic (exact) mass is 415 g/mol. The summed E-state index contributed by atoms with van der Waals surface area (Å²) in [7, 11) is -1.82. The molecule has 4 rings (SSSR count). The number of carbonyl (C=O) groups excluding carboxylic acids is 1. The standard InChI is InChI=1S/C21H25N3O4S/c1-28-19-6-2-5-17(12-19)21(25)23-10-7-18-15-24(14-16-4-3-9-22-13-16)29(26,27)20(18)8-11-23/h2-6,9,12-13,18,20H,7-8,10-11,14-15H2,1H3/t18-,20-/m1/s1. The van der Waals surface area contributed by atoms with E-state index in [2.05, 4.69) is 4.98 Å². The number of methoxy groups -OCH3 is 1. The molecule has 29 heavy (non-hydrogen) atoms. The van der Waals surface area contributed by atoms with Gasteiger partial charge < -0.3 is 9.64 Å². The normalized spacial score (nSPS) is 24.0. The van der Waals surface area contributed by atoms with Crippen molar-refractivity contribution in [2.45, 2.75) is 24.6 Å². The Balaban J connectivity index is 1.46. The van der Waals surface area contributed by atoms with Crippen molar-refractivity contribution in [2.75, 3.05) is 26.7 Å². The molecule has 0 radical (unpaired) electrons. The predicted molar refractivity (Wildman–Crippen MR) is 109 cm³/mol. The third kappa shape index (κ3) is 4.00. The quantitative estimate of drug-likeness (QED) is 0.765. The third-order valence-electron chi connectivity index (χ3n) is 5.85. The van der Waals surface area contributed by atoms with Crippen molar-refractivity contribution in [1.82, 2.24) is 14.2 Å². The number of hydrogen-bond acceptors (Lipinski definition) is 5. The zero-order valence-corrected chi connectivity index (χ0v) is 17.2. The van der Waals surface area contributed by atoms with Crippen LogP contribution in [0.2, 0.25) is 0 Å². The van der Waals surface area contributed by atoms with E-state index in [1.807, 2.05) is 12.1 Å². The number of sulfonamides is 1. The molecule has 0 spiro atoms. The van der Waals surface area contributed by atoms with Crippen molar-refractivity contribution < 1.29 is 17.9 Å². The summed E-state index contributed by atoms with van der Waals surface area (Å²) in [5.74, 6) is 0.601. The van der Waals surface area contributed by atoms with Crippen LogP contribution in [0.25, 0.3) is 0 Å². The Bertz CT molecular complexity index is 980. The second-order valence-electron chi connectivity index (χ2n) is 7.60. The summed E-state index contributed by atoms with van der Waals surface area (Å²) < 4.78 is 33.0. The highest BCUT2D eigenvalue weighted by molar-refractivity contribution is 7.90. The van der Waals surface area contributed by atoms with Crippen LogP contribution in [-0.2, 0) is 16.6 Å². The van der Waals surface area contributed by atoms with Crippen molar-refractivity contribution in [3.05, 3.63) is 59.9 Å². The molecule has 0 N–H and O–H groups in total. The van der Waals surface area contributed by atoms with Crippen LogP contribution >= 0.6 is 0 Å². The van der Waals surface area contributed by atoms with E-state index in [0.29, 0.717) is 50.3 Å². The van der Waals surface area contributed by atoms with Gasteiger partial charge in [0.15, 0.2) is 0 Å². The molecule has 0 aliphatic carbocycles. The van der Waals surface area contributed by atoms with Crippen molar-refractivity contribution >= 4 is 15.9 Å². The summed E-state index contributed by atoms with van der Waals surface area (Å²) in [4.78, 5) is 18.8. The van der Waals surface area contributed by atoms with E-state index >= 15 is 0 Å². The zero-order chi connectivity index (χ0) is 20.4. The summed E-state index contributed by atoms with van der Waals surface area (Å²) >= 11 is 0. The number of hydrogen-bond donors (Lipinski definition) is 0. The van der Waals surface area contributed by atoms with E-state index < -0.39 is 15.3 Å². The predicted octanol–water partition coefficient (Wildman–Crippen LogP) is 2.16. The van der Waals surface area contributed by atoms with Gasteiger partial charge in [0.25, 0.3) is 5.91 Å². The number of fused-ring (bicyclic) bond motifs is 1. The van der Waals surface area contributed by atoms with Gasteiger partial charge in [0.05, 0.1) is 12.4 Å². The fourth-order valence-corrected chi connectivity index (χ4v) is 6.51. The lowest BCUT2D eigenvalue weighted by Gasteiger charge is -2.22. The molecule has 2 atom stereocenters. The van der Waals surface area contributed by atoms with Gasteiger partial charge in [-0.2, -0.15) is 4.31 Å². The molecule has 2 aliphatic rings. The van der Waals surface area contributed by atoms with Gasteiger partial charge in [0.2, 0.25) is 10.0 Å². The van der Waals surface area contributed by atoms with E-state index in [1.54, 1.807) is 53.0 Å². The molecule has 154 valence electrons. The average molecular weight is 416 g/mol. The Kier molecular flexibility index (Phi) is 5.56. The fourth-order valence-electron chi connectivity index (χ4n) is 4.29. The maximum Gasteiger partial charge on any atom is 0.253 e. The lowest BCUT2D eigenvalue weighted by Crippen LogP contribution is -2.34. The SMILES string of the molecule is COc1cccc(C(=O)N2CC[C@@H]3CN(Cc4cccnc4)S(=O)(=O)[C@@H]3CC2)c1. The lowest BCUT2D eigenvalue weighted by molar-refractivity contribution is 0.0758. The minimum absolute atomic E-state index is 0.0415. The molecular formula is C21H25N3O4S. The van der Waals surface area contributed by atoms with E-state index in [-0.39, 0.29) is 11.8 Å². The Morgan fingerprint density at radius 1 is 1.21 bits per heavy atom. The maximum atomic E-state index is 13.1. The van der Waals surface area contributed by atoms with Gasteiger partial charge in [-0.3, -0.25) is 9.78 Å². The first kappa shape index (κ1) is 19.8. The molecular weight excluding hydrogens is 390 g/mol. The largest absolute Gasteiger partial charge is 0.497 e. The first-order valence-electron chi connectivity index (χ1n) is 9.80. The molecule has 0 bridgehead atoms. The topological polar surface area (TPSA) is 79.8 Å². The van der Waals surface area contributed by atoms with Crippen LogP contribution in [0.5, 0.6) is 5.75 Å². The summed E-state index contributed by atoms with van der Waals surface area (Å²) in [5.41, 5.74) is 1.46. The van der Waals surface area contributed by atoms with Gasteiger partial charge in [0, 0.05) is 44.1 Å². The van der Waals surface area contributed by atoms with Gasteiger partial charge in [-0.05, 0) is 48.6 Å². The fraction of sp³-hybridized carbons (Fsp3) is 0.429. The van der Waals surface area contributed by atoms with Crippen LogP contribution < -0.4 is 4.74 Å². The molecule has 2 aliphatic heterocycles. The van der Waals surface area contributed by atoms with Gasteiger partial charge in [0.1, 0.15) is 5.75 Å². The van der Waals surface area contributed by atoms with Gasteiger partial charge in [-0.1, -0.05) is 12.1 Å². The molecule has 7 nitrogen and oxygen atoms in total. The van der Waals surface area contributed by atoms with E-state index in [4.69, 9.17) is 4.74 Å². The van der Waals surface area contributed by atoms with E-state index in [0.717, 1.165) is 5.56 Å². The first-order valence-corrected chi connectivity index (χ1v) is 11.3. The highest BCUT2D eigenvalue weighted by Gasteiger charge is 2.47. The van der Waals surface area contributed by atoms with Gasteiger partial charge in [-0.25, -0.2) is 8.42 Å². The molecule has 2 aromatic rings. The number of ether oxygens (including phenoxy) is 1. The number of carbonyl (C=O) groups is 1.